The van der Waals surface area contributed by atoms with E-state index < -0.39 is 9.76 Å². The SMILES string of the molecule is CCCCC(=O)O[SiH2]C(C1CCCC1)C1CCCC1. The molecule has 2 rings (SSSR count). The topological polar surface area (TPSA) is 26.3 Å². The molecule has 0 heterocycles. The van der Waals surface area contributed by atoms with Crippen molar-refractivity contribution in [1.82, 2.24) is 0 Å². The lowest BCUT2D eigenvalue weighted by Gasteiger charge is -2.28. The summed E-state index contributed by atoms with van der Waals surface area (Å²) in [5.74, 6) is 1.89. The normalized spacial score (nSPS) is 22.0. The van der Waals surface area contributed by atoms with Crippen molar-refractivity contribution < 1.29 is 9.22 Å². The van der Waals surface area contributed by atoms with Crippen molar-refractivity contribution in [1.29, 1.82) is 0 Å². The molecular weight excluding hydrogens is 252 g/mol. The monoisotopic (exact) mass is 282 g/mol. The molecule has 0 bridgehead atoms. The third kappa shape index (κ3) is 4.62. The maximum atomic E-state index is 11.7. The highest BCUT2D eigenvalue weighted by molar-refractivity contribution is 6.33. The fourth-order valence-electron chi connectivity index (χ4n) is 4.01. The van der Waals surface area contributed by atoms with Crippen molar-refractivity contribution in [3.8, 4) is 0 Å². The standard InChI is InChI=1S/C16H30O2Si/c1-2-3-12-15(17)18-19-16(13-8-4-5-9-13)14-10-6-7-11-14/h13-14,16H,2-12,19H2,1H3. The summed E-state index contributed by atoms with van der Waals surface area (Å²) in [6.45, 7) is 2.13. The number of hydrogen-bond donors (Lipinski definition) is 0. The zero-order valence-electron chi connectivity index (χ0n) is 12.5. The summed E-state index contributed by atoms with van der Waals surface area (Å²) in [7, 11) is -0.659. The van der Waals surface area contributed by atoms with Gasteiger partial charge in [0.2, 0.25) is 9.76 Å². The first-order valence-corrected chi connectivity index (χ1v) is 9.86. The van der Waals surface area contributed by atoms with Gasteiger partial charge in [-0.15, -0.1) is 0 Å². The average Bonchev–Trinajstić information content (AvgIpc) is 3.09. The highest BCUT2D eigenvalue weighted by atomic mass is 28.2. The van der Waals surface area contributed by atoms with Crippen LogP contribution in [0.15, 0.2) is 0 Å². The second-order valence-electron chi connectivity index (χ2n) is 6.54. The second-order valence-corrected chi connectivity index (χ2v) is 8.10. The van der Waals surface area contributed by atoms with Crippen LogP contribution in [-0.4, -0.2) is 15.7 Å². The van der Waals surface area contributed by atoms with E-state index in [1.54, 1.807) is 0 Å². The maximum Gasteiger partial charge on any atom is 0.292 e. The van der Waals surface area contributed by atoms with Gasteiger partial charge >= 0.3 is 0 Å². The zero-order chi connectivity index (χ0) is 13.5. The quantitative estimate of drug-likeness (QED) is 0.660. The van der Waals surface area contributed by atoms with Crippen LogP contribution in [0.2, 0.25) is 5.54 Å². The molecule has 2 aliphatic carbocycles. The van der Waals surface area contributed by atoms with Gasteiger partial charge in [0.15, 0.2) is 0 Å². The first kappa shape index (κ1) is 15.1. The van der Waals surface area contributed by atoms with E-state index in [0.29, 0.717) is 6.42 Å². The van der Waals surface area contributed by atoms with Crippen molar-refractivity contribution in [2.45, 2.75) is 83.1 Å². The minimum Gasteiger partial charge on any atom is -0.525 e. The highest BCUT2D eigenvalue weighted by Gasteiger charge is 2.34. The third-order valence-electron chi connectivity index (χ3n) is 5.18. The molecule has 0 aliphatic heterocycles. The molecular formula is C16H30O2Si. The van der Waals surface area contributed by atoms with Crippen LogP contribution in [0.3, 0.4) is 0 Å². The van der Waals surface area contributed by atoms with Crippen molar-refractivity contribution in [2.75, 3.05) is 0 Å². The smallest absolute Gasteiger partial charge is 0.292 e. The summed E-state index contributed by atoms with van der Waals surface area (Å²) < 4.78 is 5.73. The van der Waals surface area contributed by atoms with Crippen LogP contribution in [0.25, 0.3) is 0 Å². The number of rotatable bonds is 7. The van der Waals surface area contributed by atoms with Gasteiger partial charge in [0, 0.05) is 6.42 Å². The molecule has 3 heteroatoms. The fourth-order valence-corrected chi connectivity index (χ4v) is 6.02. The largest absolute Gasteiger partial charge is 0.525 e. The molecule has 2 nitrogen and oxygen atoms in total. The van der Waals surface area contributed by atoms with Gasteiger partial charge < -0.3 is 4.43 Å². The van der Waals surface area contributed by atoms with E-state index in [1.165, 1.54) is 51.4 Å². The molecule has 0 N–H and O–H groups in total. The molecule has 2 fully saturated rings. The van der Waals surface area contributed by atoms with Gasteiger partial charge in [-0.25, -0.2) is 0 Å². The Morgan fingerprint density at radius 2 is 1.63 bits per heavy atom. The molecule has 0 aromatic carbocycles. The highest BCUT2D eigenvalue weighted by Crippen LogP contribution is 2.44. The molecule has 0 saturated heterocycles. The fraction of sp³-hybridized carbons (Fsp3) is 0.938. The van der Waals surface area contributed by atoms with Crippen LogP contribution in [0.4, 0.5) is 0 Å². The van der Waals surface area contributed by atoms with E-state index in [0.717, 1.165) is 30.2 Å². The van der Waals surface area contributed by atoms with Crippen LogP contribution < -0.4 is 0 Å². The van der Waals surface area contributed by atoms with E-state index >= 15 is 0 Å². The summed E-state index contributed by atoms with van der Waals surface area (Å²) in [5, 5.41) is 0. The molecule has 2 saturated carbocycles. The Kier molecular flexibility index (Phi) is 6.42. The molecule has 0 atom stereocenters. The van der Waals surface area contributed by atoms with Crippen LogP contribution in [0.1, 0.15) is 77.6 Å². The Balaban J connectivity index is 1.81. The first-order chi connectivity index (χ1) is 9.31. The molecule has 110 valence electrons. The van der Waals surface area contributed by atoms with Crippen molar-refractivity contribution >= 4 is 15.7 Å². The van der Waals surface area contributed by atoms with Gasteiger partial charge in [0.1, 0.15) is 0 Å². The zero-order valence-corrected chi connectivity index (χ0v) is 13.9. The minimum absolute atomic E-state index is 0.0921. The number of unbranched alkanes of at least 4 members (excludes halogenated alkanes) is 1. The first-order valence-electron chi connectivity index (χ1n) is 8.47. The molecule has 0 radical (unpaired) electrons. The van der Waals surface area contributed by atoms with E-state index in [-0.39, 0.29) is 5.97 Å². The lowest BCUT2D eigenvalue weighted by Crippen LogP contribution is -2.24. The summed E-state index contributed by atoms with van der Waals surface area (Å²) in [4.78, 5) is 11.7. The molecule has 0 spiro atoms. The number of hydrogen-bond acceptors (Lipinski definition) is 2. The molecule has 0 unspecified atom stereocenters. The minimum atomic E-state index is -0.659. The Hall–Kier alpha value is -0.313. The van der Waals surface area contributed by atoms with Crippen molar-refractivity contribution in [3.63, 3.8) is 0 Å². The second kappa shape index (κ2) is 8.08. The summed E-state index contributed by atoms with van der Waals surface area (Å²) in [6, 6.07) is 0. The number of carbonyl (C=O) groups excluding carboxylic acids is 1. The van der Waals surface area contributed by atoms with Gasteiger partial charge in [-0.2, -0.15) is 0 Å². The van der Waals surface area contributed by atoms with Gasteiger partial charge in [0.25, 0.3) is 5.97 Å². The summed E-state index contributed by atoms with van der Waals surface area (Å²) >= 11 is 0. The lowest BCUT2D eigenvalue weighted by molar-refractivity contribution is -0.134. The molecule has 0 aromatic rings. The Morgan fingerprint density at radius 3 is 2.11 bits per heavy atom. The van der Waals surface area contributed by atoms with Gasteiger partial charge in [0.05, 0.1) is 0 Å². The molecule has 19 heavy (non-hydrogen) atoms. The van der Waals surface area contributed by atoms with Crippen LogP contribution in [0, 0.1) is 11.8 Å². The van der Waals surface area contributed by atoms with Crippen LogP contribution in [0.5, 0.6) is 0 Å². The van der Waals surface area contributed by atoms with E-state index in [1.807, 2.05) is 0 Å². The van der Waals surface area contributed by atoms with Gasteiger partial charge in [-0.3, -0.25) is 4.79 Å². The predicted molar refractivity (Wildman–Crippen MR) is 81.8 cm³/mol. The summed E-state index contributed by atoms with van der Waals surface area (Å²) in [5.41, 5.74) is 0.801. The van der Waals surface area contributed by atoms with Crippen molar-refractivity contribution in [2.24, 2.45) is 11.8 Å². The van der Waals surface area contributed by atoms with E-state index in [2.05, 4.69) is 6.92 Å². The van der Waals surface area contributed by atoms with Crippen molar-refractivity contribution in [3.05, 3.63) is 0 Å². The molecule has 0 aromatic heterocycles. The average molecular weight is 282 g/mol. The van der Waals surface area contributed by atoms with Crippen LogP contribution >= 0.6 is 0 Å². The molecule has 0 amide bonds. The van der Waals surface area contributed by atoms with Gasteiger partial charge in [-0.05, 0) is 23.8 Å². The Bertz CT molecular complexity index is 252. The summed E-state index contributed by atoms with van der Waals surface area (Å²) in [6.07, 6.45) is 14.0. The van der Waals surface area contributed by atoms with E-state index in [9.17, 15) is 4.79 Å². The molecule has 2 aliphatic rings. The number of carbonyl (C=O) groups is 1. The predicted octanol–water partition coefficient (Wildman–Crippen LogP) is 3.97. The van der Waals surface area contributed by atoms with Crippen LogP contribution in [-0.2, 0) is 9.22 Å². The Labute approximate surface area is 120 Å². The van der Waals surface area contributed by atoms with E-state index in [4.69, 9.17) is 4.43 Å². The third-order valence-corrected chi connectivity index (χ3v) is 7.39. The lowest BCUT2D eigenvalue weighted by atomic mass is 9.91. The maximum absolute atomic E-state index is 11.7. The Morgan fingerprint density at radius 1 is 1.11 bits per heavy atom. The van der Waals surface area contributed by atoms with Gasteiger partial charge in [-0.1, -0.05) is 64.7 Å².